The zero-order valence-electron chi connectivity index (χ0n) is 12.1. The number of hydrogen-bond donors (Lipinski definition) is 2. The lowest BCUT2D eigenvalue weighted by molar-refractivity contribution is -0.122. The van der Waals surface area contributed by atoms with Crippen LogP contribution in [0.4, 0.5) is 0 Å². The maximum Gasteiger partial charge on any atom is 0.237 e. The van der Waals surface area contributed by atoms with E-state index >= 15 is 0 Å². The Kier molecular flexibility index (Phi) is 4.60. The highest BCUT2D eigenvalue weighted by Gasteiger charge is 2.27. The third-order valence-electron chi connectivity index (χ3n) is 3.33. The third kappa shape index (κ3) is 4.07. The van der Waals surface area contributed by atoms with E-state index in [0.29, 0.717) is 13.0 Å². The van der Waals surface area contributed by atoms with Gasteiger partial charge < -0.3 is 16.2 Å². The van der Waals surface area contributed by atoms with Crippen LogP contribution in [0, 0.1) is 0 Å². The molecule has 4 nitrogen and oxygen atoms in total. The highest BCUT2D eigenvalue weighted by atomic mass is 16.5. The molecule has 4 heteroatoms. The summed E-state index contributed by atoms with van der Waals surface area (Å²) in [6.07, 6.45) is 0.341. The van der Waals surface area contributed by atoms with Crippen molar-refractivity contribution in [3.8, 4) is 5.75 Å². The minimum absolute atomic E-state index is 0.341. The number of carbonyl (C=O) groups is 1. The number of ether oxygens (including phenoxy) is 1. The Morgan fingerprint density at radius 1 is 1.10 bits per heavy atom. The van der Waals surface area contributed by atoms with Crippen molar-refractivity contribution in [3.05, 3.63) is 65.7 Å². The molecule has 21 heavy (non-hydrogen) atoms. The molecule has 4 N–H and O–H groups in total. The molecule has 0 aliphatic heterocycles. The molecule has 0 spiro atoms. The monoisotopic (exact) mass is 284 g/mol. The third-order valence-corrected chi connectivity index (χ3v) is 3.33. The van der Waals surface area contributed by atoms with Crippen LogP contribution in [0.3, 0.4) is 0 Å². The summed E-state index contributed by atoms with van der Waals surface area (Å²) in [6, 6.07) is 17.4. The number of carbonyl (C=O) groups excluding carboxylic acids is 1. The van der Waals surface area contributed by atoms with Crippen molar-refractivity contribution in [2.24, 2.45) is 11.5 Å². The van der Waals surface area contributed by atoms with Crippen molar-refractivity contribution >= 4 is 5.91 Å². The van der Waals surface area contributed by atoms with E-state index in [0.717, 1.165) is 16.9 Å². The molecular weight excluding hydrogens is 264 g/mol. The number of hydrogen-bond acceptors (Lipinski definition) is 3. The lowest BCUT2D eigenvalue weighted by Gasteiger charge is -2.22. The molecule has 0 heterocycles. The van der Waals surface area contributed by atoms with Crippen LogP contribution >= 0.6 is 0 Å². The van der Waals surface area contributed by atoms with Gasteiger partial charge in [0.1, 0.15) is 12.4 Å². The van der Waals surface area contributed by atoms with Gasteiger partial charge in [0.2, 0.25) is 5.91 Å². The molecule has 1 atom stereocenters. The first-order valence-electron chi connectivity index (χ1n) is 6.82. The number of rotatable bonds is 6. The van der Waals surface area contributed by atoms with Crippen LogP contribution in [0.2, 0.25) is 0 Å². The summed E-state index contributed by atoms with van der Waals surface area (Å²) in [4.78, 5) is 11.4. The van der Waals surface area contributed by atoms with Crippen molar-refractivity contribution in [3.63, 3.8) is 0 Å². The maximum absolute atomic E-state index is 11.4. The molecule has 0 aromatic heterocycles. The molecule has 0 aliphatic carbocycles. The van der Waals surface area contributed by atoms with E-state index in [9.17, 15) is 4.79 Å². The molecule has 2 aromatic carbocycles. The smallest absolute Gasteiger partial charge is 0.237 e. The molecule has 0 saturated carbocycles. The lowest BCUT2D eigenvalue weighted by atomic mass is 9.93. The zero-order valence-corrected chi connectivity index (χ0v) is 12.1. The van der Waals surface area contributed by atoms with Gasteiger partial charge in [-0.2, -0.15) is 0 Å². The van der Waals surface area contributed by atoms with Crippen molar-refractivity contribution < 1.29 is 9.53 Å². The van der Waals surface area contributed by atoms with Gasteiger partial charge in [-0.3, -0.25) is 4.79 Å². The Hall–Kier alpha value is -2.33. The van der Waals surface area contributed by atoms with Gasteiger partial charge in [0.25, 0.3) is 0 Å². The molecule has 2 aromatic rings. The highest BCUT2D eigenvalue weighted by Crippen LogP contribution is 2.23. The fourth-order valence-corrected chi connectivity index (χ4v) is 2.01. The van der Waals surface area contributed by atoms with Crippen molar-refractivity contribution in [2.75, 3.05) is 0 Å². The quantitative estimate of drug-likeness (QED) is 0.851. The van der Waals surface area contributed by atoms with Gasteiger partial charge in [-0.15, -0.1) is 0 Å². The van der Waals surface area contributed by atoms with Crippen LogP contribution < -0.4 is 16.2 Å². The zero-order chi connectivity index (χ0) is 15.3. The van der Waals surface area contributed by atoms with Gasteiger partial charge in [0.15, 0.2) is 0 Å². The number of para-hydroxylation sites is 1. The van der Waals surface area contributed by atoms with Gasteiger partial charge in [0.05, 0.1) is 5.54 Å². The Balaban J connectivity index is 2.12. The molecule has 1 amide bonds. The average Bonchev–Trinajstić information content (AvgIpc) is 2.47. The van der Waals surface area contributed by atoms with Gasteiger partial charge in [0, 0.05) is 6.42 Å². The molecule has 2 rings (SSSR count). The predicted octanol–water partition coefficient (Wildman–Crippen LogP) is 2.01. The summed E-state index contributed by atoms with van der Waals surface area (Å²) in [5.41, 5.74) is 12.1. The van der Waals surface area contributed by atoms with Crippen molar-refractivity contribution in [1.29, 1.82) is 0 Å². The van der Waals surface area contributed by atoms with E-state index in [2.05, 4.69) is 0 Å². The Labute approximate surface area is 124 Å². The first-order valence-corrected chi connectivity index (χ1v) is 6.82. The molecule has 1 unspecified atom stereocenters. The number of benzene rings is 2. The normalized spacial score (nSPS) is 13.4. The van der Waals surface area contributed by atoms with Gasteiger partial charge >= 0.3 is 0 Å². The van der Waals surface area contributed by atoms with Gasteiger partial charge in [-0.1, -0.05) is 48.5 Å². The van der Waals surface area contributed by atoms with E-state index in [1.165, 1.54) is 0 Å². The lowest BCUT2D eigenvalue weighted by Crippen LogP contribution is -2.51. The average molecular weight is 284 g/mol. The summed E-state index contributed by atoms with van der Waals surface area (Å²) in [5, 5.41) is 0. The maximum atomic E-state index is 11.4. The van der Waals surface area contributed by atoms with Gasteiger partial charge in [-0.05, 0) is 24.1 Å². The second-order valence-electron chi connectivity index (χ2n) is 5.34. The first-order chi connectivity index (χ1) is 9.99. The Morgan fingerprint density at radius 3 is 2.38 bits per heavy atom. The Bertz CT molecular complexity index is 609. The van der Waals surface area contributed by atoms with E-state index in [1.54, 1.807) is 6.92 Å². The largest absolute Gasteiger partial charge is 0.489 e. The fourth-order valence-electron chi connectivity index (χ4n) is 2.01. The molecule has 0 bridgehead atoms. The molecule has 0 saturated heterocycles. The number of nitrogens with two attached hydrogens (primary N) is 2. The minimum Gasteiger partial charge on any atom is -0.489 e. The Morgan fingerprint density at radius 2 is 1.71 bits per heavy atom. The first kappa shape index (κ1) is 15.1. The standard InChI is InChI=1S/C17H20N2O2/c1-17(19,16(18)20)11-14-9-5-6-10-15(14)21-12-13-7-3-2-4-8-13/h2-10H,11-12,19H2,1H3,(H2,18,20). The second-order valence-corrected chi connectivity index (χ2v) is 5.34. The van der Waals surface area contributed by atoms with E-state index in [4.69, 9.17) is 16.2 Å². The fraction of sp³-hybridized carbons (Fsp3) is 0.235. The number of primary amides is 1. The summed E-state index contributed by atoms with van der Waals surface area (Å²) < 4.78 is 5.84. The predicted molar refractivity (Wildman–Crippen MR) is 82.7 cm³/mol. The van der Waals surface area contributed by atoms with Crippen LogP contribution in [0.5, 0.6) is 5.75 Å². The topological polar surface area (TPSA) is 78.3 Å². The van der Waals surface area contributed by atoms with Crippen molar-refractivity contribution in [2.45, 2.75) is 25.5 Å². The van der Waals surface area contributed by atoms with Crippen molar-refractivity contribution in [1.82, 2.24) is 0 Å². The summed E-state index contributed by atoms with van der Waals surface area (Å²) in [7, 11) is 0. The summed E-state index contributed by atoms with van der Waals surface area (Å²) >= 11 is 0. The molecule has 0 fully saturated rings. The van der Waals surface area contributed by atoms with Crippen LogP contribution in [0.1, 0.15) is 18.1 Å². The van der Waals surface area contributed by atoms with Crippen LogP contribution in [0.25, 0.3) is 0 Å². The molecule has 110 valence electrons. The minimum atomic E-state index is -1.09. The second kappa shape index (κ2) is 6.41. The summed E-state index contributed by atoms with van der Waals surface area (Å²) in [6.45, 7) is 2.10. The molecule has 0 radical (unpaired) electrons. The van der Waals surface area contributed by atoms with Crippen LogP contribution in [-0.2, 0) is 17.8 Å². The van der Waals surface area contributed by atoms with Crippen LogP contribution in [0.15, 0.2) is 54.6 Å². The molecular formula is C17H20N2O2. The molecule has 0 aliphatic rings. The number of amides is 1. The van der Waals surface area contributed by atoms with E-state index in [-0.39, 0.29) is 0 Å². The highest BCUT2D eigenvalue weighted by molar-refractivity contribution is 5.84. The van der Waals surface area contributed by atoms with E-state index in [1.807, 2.05) is 54.6 Å². The van der Waals surface area contributed by atoms with E-state index < -0.39 is 11.4 Å². The van der Waals surface area contributed by atoms with Gasteiger partial charge in [-0.25, -0.2) is 0 Å². The SMILES string of the molecule is CC(N)(Cc1ccccc1OCc1ccccc1)C(N)=O. The summed E-state index contributed by atoms with van der Waals surface area (Å²) in [5.74, 6) is 0.194. The van der Waals surface area contributed by atoms with Crippen LogP contribution in [-0.4, -0.2) is 11.4 Å².